The second-order valence-electron chi connectivity index (χ2n) is 11.4. The second kappa shape index (κ2) is 14.2. The normalized spacial score (nSPS) is 13.4. The number of aromatic nitrogens is 1. The maximum Gasteiger partial charge on any atom is 0.245 e. The Morgan fingerprint density at radius 1 is 1.00 bits per heavy atom. The summed E-state index contributed by atoms with van der Waals surface area (Å²) in [7, 11) is 4.58. The number of ether oxygens (including phenoxy) is 3. The molecule has 1 aliphatic rings. The molecule has 252 valence electrons. The lowest BCUT2D eigenvalue weighted by atomic mass is 9.94. The number of rotatable bonds is 10. The van der Waals surface area contributed by atoms with Gasteiger partial charge in [-0.1, -0.05) is 30.3 Å². The molecular formula is C36H34N4O8S. The van der Waals surface area contributed by atoms with Gasteiger partial charge in [0.25, 0.3) is 0 Å². The van der Waals surface area contributed by atoms with Crippen LogP contribution in [-0.2, 0) is 27.2 Å². The van der Waals surface area contributed by atoms with Gasteiger partial charge in [-0.05, 0) is 47.7 Å². The van der Waals surface area contributed by atoms with Gasteiger partial charge >= 0.3 is 0 Å². The molecule has 0 saturated heterocycles. The smallest absolute Gasteiger partial charge is 0.245 e. The molecule has 0 bridgehead atoms. The maximum atomic E-state index is 14.1. The molecule has 0 spiro atoms. The topological polar surface area (TPSA) is 158 Å². The molecule has 2 heterocycles. The number of nitrogens with one attached hydrogen (secondary N) is 3. The van der Waals surface area contributed by atoms with E-state index in [2.05, 4.69) is 20.9 Å². The number of fused-ring (bicyclic) bond motifs is 4. The number of benzene rings is 2. The minimum Gasteiger partial charge on any atom is -0.493 e. The minimum atomic E-state index is -0.525. The SMILES string of the molecule is COc1cc2c(c(OC)c1OC)-c1cc3c(CC(=O)NCC(=O)Nc4nccs4)c(-c4ccccc4)oc3c(=O)cc1C(NC(C)=O)CC2. The van der Waals surface area contributed by atoms with Gasteiger partial charge in [0.15, 0.2) is 22.2 Å². The number of anilines is 1. The van der Waals surface area contributed by atoms with E-state index >= 15 is 0 Å². The third kappa shape index (κ3) is 6.70. The average Bonchev–Trinajstić information content (AvgIpc) is 3.67. The van der Waals surface area contributed by atoms with E-state index in [1.807, 2.05) is 42.5 Å². The van der Waals surface area contributed by atoms with Gasteiger partial charge < -0.3 is 34.6 Å². The number of hydrogen-bond donors (Lipinski definition) is 3. The quantitative estimate of drug-likeness (QED) is 0.184. The van der Waals surface area contributed by atoms with E-state index in [1.54, 1.807) is 11.6 Å². The Hall–Kier alpha value is -5.69. The zero-order valence-electron chi connectivity index (χ0n) is 27.3. The number of carbonyl (C=O) groups excluding carboxylic acids is 3. The summed E-state index contributed by atoms with van der Waals surface area (Å²) < 4.78 is 23.6. The average molecular weight is 683 g/mol. The third-order valence-electron chi connectivity index (χ3n) is 8.29. The lowest BCUT2D eigenvalue weighted by molar-refractivity contribution is -0.123. The first-order valence-corrected chi connectivity index (χ1v) is 16.3. The fraction of sp³-hybridized carbons (Fsp3) is 0.250. The number of amides is 3. The van der Waals surface area contributed by atoms with Gasteiger partial charge in [0.05, 0.1) is 40.3 Å². The number of carbonyl (C=O) groups is 3. The van der Waals surface area contributed by atoms with Crippen LogP contribution in [0.5, 0.6) is 17.2 Å². The molecule has 0 saturated carbocycles. The van der Waals surface area contributed by atoms with Crippen LogP contribution >= 0.6 is 11.3 Å². The Bertz CT molecular complexity index is 2110. The molecule has 0 aliphatic heterocycles. The molecule has 6 rings (SSSR count). The van der Waals surface area contributed by atoms with Crippen molar-refractivity contribution in [2.45, 2.75) is 32.2 Å². The Morgan fingerprint density at radius 2 is 1.78 bits per heavy atom. The van der Waals surface area contributed by atoms with Gasteiger partial charge in [0.1, 0.15) is 5.76 Å². The standard InChI is InChI=1S/C36H34N4O8S/c1-19(41)39-26-11-10-21-14-28(45-2)34(46-3)35(47-4)31(21)23-15-24-25(17-29(43)38-18-30(44)40-36-37-12-13-49-36)32(20-8-6-5-7-9-20)48-33(24)27(42)16-22(23)26/h5-9,12-16,26H,10-11,17-18H2,1-4H3,(H,38,43)(H,39,41)(H,37,40,44). The molecular weight excluding hydrogens is 648 g/mol. The highest BCUT2D eigenvalue weighted by atomic mass is 32.1. The largest absolute Gasteiger partial charge is 0.493 e. The summed E-state index contributed by atoms with van der Waals surface area (Å²) in [5.74, 6) is 0.435. The Morgan fingerprint density at radius 3 is 2.45 bits per heavy atom. The van der Waals surface area contributed by atoms with E-state index in [4.69, 9.17) is 18.6 Å². The van der Waals surface area contributed by atoms with Crippen LogP contribution in [0.3, 0.4) is 0 Å². The number of methoxy groups -OCH3 is 3. The first-order valence-electron chi connectivity index (χ1n) is 15.5. The van der Waals surface area contributed by atoms with Crippen LogP contribution in [0.15, 0.2) is 69.3 Å². The highest BCUT2D eigenvalue weighted by Crippen LogP contribution is 2.51. The Labute approximate surface area is 285 Å². The lowest BCUT2D eigenvalue weighted by Gasteiger charge is -2.20. The molecule has 3 aromatic carbocycles. The van der Waals surface area contributed by atoms with Gasteiger partial charge in [-0.3, -0.25) is 19.2 Å². The zero-order valence-corrected chi connectivity index (χ0v) is 28.1. The fourth-order valence-corrected chi connectivity index (χ4v) is 6.77. The summed E-state index contributed by atoms with van der Waals surface area (Å²) >= 11 is 1.26. The van der Waals surface area contributed by atoms with Crippen LogP contribution in [0.4, 0.5) is 5.13 Å². The third-order valence-corrected chi connectivity index (χ3v) is 8.98. The summed E-state index contributed by atoms with van der Waals surface area (Å²) in [6, 6.07) is 13.8. The summed E-state index contributed by atoms with van der Waals surface area (Å²) in [6.45, 7) is 1.15. The van der Waals surface area contributed by atoms with Gasteiger partial charge in [-0.15, -0.1) is 11.3 Å². The number of hydrogen-bond acceptors (Lipinski definition) is 10. The van der Waals surface area contributed by atoms with Crippen molar-refractivity contribution in [1.29, 1.82) is 0 Å². The van der Waals surface area contributed by atoms with E-state index < -0.39 is 23.3 Å². The predicted molar refractivity (Wildman–Crippen MR) is 185 cm³/mol. The first kappa shape index (κ1) is 33.2. The molecule has 1 unspecified atom stereocenters. The number of furan rings is 1. The van der Waals surface area contributed by atoms with Crippen molar-refractivity contribution in [3.63, 3.8) is 0 Å². The predicted octanol–water partition coefficient (Wildman–Crippen LogP) is 5.03. The van der Waals surface area contributed by atoms with Crippen molar-refractivity contribution in [2.75, 3.05) is 33.2 Å². The highest BCUT2D eigenvalue weighted by Gasteiger charge is 2.31. The van der Waals surface area contributed by atoms with Crippen LogP contribution < -0.4 is 35.6 Å². The molecule has 3 amide bonds. The molecule has 13 heteroatoms. The van der Waals surface area contributed by atoms with Crippen LogP contribution in [0.25, 0.3) is 33.4 Å². The molecule has 1 atom stereocenters. The fourth-order valence-electron chi connectivity index (χ4n) is 6.23. The molecule has 3 N–H and O–H groups in total. The summed E-state index contributed by atoms with van der Waals surface area (Å²) in [4.78, 5) is 56.5. The molecule has 2 aromatic heterocycles. The van der Waals surface area contributed by atoms with Crippen molar-refractivity contribution in [2.24, 2.45) is 0 Å². The van der Waals surface area contributed by atoms with E-state index in [-0.39, 0.29) is 24.5 Å². The monoisotopic (exact) mass is 682 g/mol. The second-order valence-corrected chi connectivity index (χ2v) is 12.2. The van der Waals surface area contributed by atoms with Crippen LogP contribution in [0.1, 0.15) is 36.1 Å². The molecule has 0 radical (unpaired) electrons. The van der Waals surface area contributed by atoms with Crippen molar-refractivity contribution in [3.05, 3.63) is 87.0 Å². The van der Waals surface area contributed by atoms with Gasteiger partial charge in [0, 0.05) is 40.6 Å². The highest BCUT2D eigenvalue weighted by molar-refractivity contribution is 7.13. The molecule has 0 fully saturated rings. The number of aryl methyl sites for hydroxylation is 1. The molecule has 5 aromatic rings. The Balaban J connectivity index is 1.56. The summed E-state index contributed by atoms with van der Waals surface area (Å²) in [5, 5.41) is 10.9. The van der Waals surface area contributed by atoms with E-state index in [0.29, 0.717) is 74.2 Å². The zero-order chi connectivity index (χ0) is 34.7. The Kier molecular flexibility index (Phi) is 9.63. The van der Waals surface area contributed by atoms with Crippen LogP contribution in [0.2, 0.25) is 0 Å². The van der Waals surface area contributed by atoms with Gasteiger partial charge in [0.2, 0.25) is 28.9 Å². The van der Waals surface area contributed by atoms with Crippen molar-refractivity contribution >= 4 is 45.2 Å². The van der Waals surface area contributed by atoms with Gasteiger partial charge in [-0.25, -0.2) is 4.98 Å². The molecule has 1 aliphatic carbocycles. The van der Waals surface area contributed by atoms with Gasteiger partial charge in [-0.2, -0.15) is 0 Å². The van der Waals surface area contributed by atoms with Crippen molar-refractivity contribution < 1.29 is 33.0 Å². The maximum absolute atomic E-state index is 14.1. The summed E-state index contributed by atoms with van der Waals surface area (Å²) in [6.07, 6.45) is 2.37. The lowest BCUT2D eigenvalue weighted by Crippen LogP contribution is -2.33. The molecule has 12 nitrogen and oxygen atoms in total. The van der Waals surface area contributed by atoms with Crippen molar-refractivity contribution in [3.8, 4) is 39.7 Å². The van der Waals surface area contributed by atoms with E-state index in [9.17, 15) is 19.2 Å². The van der Waals surface area contributed by atoms with E-state index in [1.165, 1.54) is 45.7 Å². The van der Waals surface area contributed by atoms with E-state index in [0.717, 1.165) is 5.56 Å². The number of thiazole rings is 1. The van der Waals surface area contributed by atoms with Crippen LogP contribution in [-0.4, -0.2) is 50.6 Å². The molecule has 49 heavy (non-hydrogen) atoms. The number of nitrogens with zero attached hydrogens (tertiary/aromatic N) is 1. The van der Waals surface area contributed by atoms with Crippen LogP contribution in [0, 0.1) is 0 Å². The first-order chi connectivity index (χ1) is 23.7. The summed E-state index contributed by atoms with van der Waals surface area (Å²) in [5.41, 5.74) is 3.41. The minimum absolute atomic E-state index is 0.0406. The van der Waals surface area contributed by atoms with Crippen molar-refractivity contribution in [1.82, 2.24) is 15.6 Å².